The van der Waals surface area contributed by atoms with Gasteiger partial charge in [0.05, 0.1) is 11.3 Å². The number of rotatable bonds is 3. The first kappa shape index (κ1) is 15.3. The summed E-state index contributed by atoms with van der Waals surface area (Å²) in [6.45, 7) is 0.289. The molecule has 0 aliphatic carbocycles. The number of hydrogen-bond donors (Lipinski definition) is 0. The number of nitriles is 1. The lowest BCUT2D eigenvalue weighted by molar-refractivity contribution is -0.117. The zero-order chi connectivity index (χ0) is 14.9. The third kappa shape index (κ3) is 3.51. The van der Waals surface area contributed by atoms with E-state index >= 15 is 0 Å². The summed E-state index contributed by atoms with van der Waals surface area (Å²) in [5, 5.41) is 8.98. The summed E-state index contributed by atoms with van der Waals surface area (Å²) in [5.41, 5.74) is 1.01. The lowest BCUT2D eigenvalue weighted by Gasteiger charge is -2.17. The van der Waals surface area contributed by atoms with Gasteiger partial charge in [0.2, 0.25) is 15.0 Å². The van der Waals surface area contributed by atoms with Gasteiger partial charge in [-0.1, -0.05) is 0 Å². The number of carbonyl (C=O) groups excluding carboxylic acids is 1. The molecule has 2 rings (SSSR count). The lowest BCUT2D eigenvalue weighted by atomic mass is 10.1. The summed E-state index contributed by atoms with van der Waals surface area (Å²) in [4.78, 5) is 13.4. The van der Waals surface area contributed by atoms with Crippen LogP contribution in [0.1, 0.15) is 12.0 Å². The van der Waals surface area contributed by atoms with Crippen molar-refractivity contribution in [3.8, 4) is 6.07 Å². The predicted octanol–water partition coefficient (Wildman–Crippen LogP) is 2.24. The van der Waals surface area contributed by atoms with Gasteiger partial charge in [0.15, 0.2) is 0 Å². The predicted molar refractivity (Wildman–Crippen MR) is 79.0 cm³/mol. The minimum Gasteiger partial charge on any atom is -0.312 e. The van der Waals surface area contributed by atoms with E-state index in [2.05, 4.69) is 15.9 Å². The Kier molecular flexibility index (Phi) is 4.37. The minimum absolute atomic E-state index is 0.143. The van der Waals surface area contributed by atoms with Gasteiger partial charge in [0.25, 0.3) is 0 Å². The maximum absolute atomic E-state index is 11.9. The van der Waals surface area contributed by atoms with Crippen LogP contribution >= 0.6 is 26.6 Å². The van der Waals surface area contributed by atoms with Crippen LogP contribution in [-0.2, 0) is 13.8 Å². The van der Waals surface area contributed by atoms with E-state index in [0.29, 0.717) is 15.7 Å². The normalized spacial score (nSPS) is 19.1. The van der Waals surface area contributed by atoms with Crippen LogP contribution in [0.2, 0.25) is 0 Å². The van der Waals surface area contributed by atoms with Gasteiger partial charge in [-0.2, -0.15) is 5.26 Å². The lowest BCUT2D eigenvalue weighted by Crippen LogP contribution is -2.25. The number of benzene rings is 1. The maximum atomic E-state index is 11.9. The zero-order valence-electron chi connectivity index (χ0n) is 10.2. The molecule has 1 fully saturated rings. The van der Waals surface area contributed by atoms with Crippen LogP contribution in [-0.4, -0.2) is 26.6 Å². The van der Waals surface area contributed by atoms with Crippen LogP contribution in [0.5, 0.6) is 0 Å². The first-order chi connectivity index (χ1) is 9.30. The molecule has 0 aromatic heterocycles. The Bertz CT molecular complexity index is 699. The summed E-state index contributed by atoms with van der Waals surface area (Å²) < 4.78 is 22.8. The molecule has 1 amide bonds. The van der Waals surface area contributed by atoms with Gasteiger partial charge < -0.3 is 4.90 Å². The second-order valence-electron chi connectivity index (χ2n) is 4.56. The highest BCUT2D eigenvalue weighted by molar-refractivity contribution is 9.10. The van der Waals surface area contributed by atoms with Gasteiger partial charge in [-0.05, 0) is 34.1 Å². The Morgan fingerprint density at radius 1 is 1.50 bits per heavy atom. The van der Waals surface area contributed by atoms with E-state index < -0.39 is 9.05 Å². The molecule has 0 bridgehead atoms. The SMILES string of the molecule is N#Cc1cc(N2CC(CS(=O)(=O)Cl)CC2=O)ccc1Br. The number of carbonyl (C=O) groups is 1. The molecule has 20 heavy (non-hydrogen) atoms. The molecule has 0 saturated carbocycles. The highest BCUT2D eigenvalue weighted by Gasteiger charge is 2.33. The third-order valence-electron chi connectivity index (χ3n) is 3.02. The number of anilines is 1. The van der Waals surface area contributed by atoms with Crippen molar-refractivity contribution in [3.05, 3.63) is 28.2 Å². The number of hydrogen-bond acceptors (Lipinski definition) is 4. The summed E-state index contributed by atoms with van der Waals surface area (Å²) >= 11 is 3.24. The highest BCUT2D eigenvalue weighted by Crippen LogP contribution is 2.29. The standard InChI is InChI=1S/C12H10BrClN2O3S/c13-11-2-1-10(4-9(11)5-15)16-6-8(3-12(16)17)7-20(14,18)19/h1-2,4,8H,3,6-7H2. The van der Waals surface area contributed by atoms with Crippen LogP contribution in [0.15, 0.2) is 22.7 Å². The van der Waals surface area contributed by atoms with Crippen LogP contribution in [0.4, 0.5) is 5.69 Å². The molecular formula is C12H10BrClN2O3S. The van der Waals surface area contributed by atoms with Crippen LogP contribution in [0.25, 0.3) is 0 Å². The van der Waals surface area contributed by atoms with Crippen molar-refractivity contribution in [3.63, 3.8) is 0 Å². The molecule has 0 N–H and O–H groups in total. The molecule has 1 aromatic carbocycles. The van der Waals surface area contributed by atoms with Crippen LogP contribution in [0.3, 0.4) is 0 Å². The van der Waals surface area contributed by atoms with Crippen molar-refractivity contribution >= 4 is 47.3 Å². The van der Waals surface area contributed by atoms with E-state index in [1.165, 1.54) is 4.90 Å². The second kappa shape index (κ2) is 5.72. The molecule has 1 atom stereocenters. The number of nitrogens with zero attached hydrogens (tertiary/aromatic N) is 2. The van der Waals surface area contributed by atoms with Gasteiger partial charge in [-0.25, -0.2) is 8.42 Å². The Hall–Kier alpha value is -1.10. The van der Waals surface area contributed by atoms with Gasteiger partial charge in [-0.3, -0.25) is 4.79 Å². The topological polar surface area (TPSA) is 78.2 Å². The molecule has 1 aromatic rings. The Balaban J connectivity index is 2.22. The molecule has 1 aliphatic rings. The van der Waals surface area contributed by atoms with E-state index in [-0.39, 0.29) is 30.5 Å². The average molecular weight is 378 g/mol. The zero-order valence-corrected chi connectivity index (χ0v) is 13.4. The smallest absolute Gasteiger partial charge is 0.232 e. The summed E-state index contributed by atoms with van der Waals surface area (Å²) in [6.07, 6.45) is 0.143. The van der Waals surface area contributed by atoms with Crippen LogP contribution < -0.4 is 4.90 Å². The van der Waals surface area contributed by atoms with Gasteiger partial charge in [0.1, 0.15) is 6.07 Å². The van der Waals surface area contributed by atoms with E-state index in [1.807, 2.05) is 6.07 Å². The fourth-order valence-corrected chi connectivity index (χ4v) is 3.85. The molecule has 1 heterocycles. The van der Waals surface area contributed by atoms with Gasteiger partial charge >= 0.3 is 0 Å². The van der Waals surface area contributed by atoms with E-state index in [0.717, 1.165) is 0 Å². The van der Waals surface area contributed by atoms with E-state index in [1.54, 1.807) is 18.2 Å². The average Bonchev–Trinajstić information content (AvgIpc) is 2.68. The molecule has 1 saturated heterocycles. The van der Waals surface area contributed by atoms with Crippen molar-refractivity contribution in [2.75, 3.05) is 17.2 Å². The van der Waals surface area contributed by atoms with Crippen molar-refractivity contribution in [1.29, 1.82) is 5.26 Å². The molecule has 0 radical (unpaired) electrons. The first-order valence-corrected chi connectivity index (χ1v) is 8.99. The molecule has 0 spiro atoms. The molecule has 8 heteroatoms. The summed E-state index contributed by atoms with van der Waals surface area (Å²) in [7, 11) is 1.59. The van der Waals surface area contributed by atoms with E-state index in [4.69, 9.17) is 15.9 Å². The van der Waals surface area contributed by atoms with Crippen molar-refractivity contribution < 1.29 is 13.2 Å². The quantitative estimate of drug-likeness (QED) is 0.757. The monoisotopic (exact) mass is 376 g/mol. The third-order valence-corrected chi connectivity index (χ3v) is 4.96. The molecule has 5 nitrogen and oxygen atoms in total. The maximum Gasteiger partial charge on any atom is 0.232 e. The summed E-state index contributed by atoms with van der Waals surface area (Å²) in [6, 6.07) is 7.01. The Morgan fingerprint density at radius 2 is 2.20 bits per heavy atom. The van der Waals surface area contributed by atoms with Gasteiger partial charge in [0, 0.05) is 39.7 Å². The highest BCUT2D eigenvalue weighted by atomic mass is 79.9. The Morgan fingerprint density at radius 3 is 2.80 bits per heavy atom. The Labute approximate surface area is 129 Å². The molecule has 1 aliphatic heterocycles. The molecular weight excluding hydrogens is 368 g/mol. The minimum atomic E-state index is -3.62. The van der Waals surface area contributed by atoms with Crippen LogP contribution in [0, 0.1) is 17.2 Å². The number of halogens is 2. The second-order valence-corrected chi connectivity index (χ2v) is 8.23. The summed E-state index contributed by atoms with van der Waals surface area (Å²) in [5.74, 6) is -0.709. The molecule has 106 valence electrons. The van der Waals surface area contributed by atoms with E-state index in [9.17, 15) is 13.2 Å². The van der Waals surface area contributed by atoms with Gasteiger partial charge in [-0.15, -0.1) is 0 Å². The fraction of sp³-hybridized carbons (Fsp3) is 0.333. The van der Waals surface area contributed by atoms with Crippen molar-refractivity contribution in [2.24, 2.45) is 5.92 Å². The van der Waals surface area contributed by atoms with Crippen molar-refractivity contribution in [1.82, 2.24) is 0 Å². The largest absolute Gasteiger partial charge is 0.312 e. The fourth-order valence-electron chi connectivity index (χ4n) is 2.19. The molecule has 1 unspecified atom stereocenters. The number of amides is 1. The van der Waals surface area contributed by atoms with Crippen molar-refractivity contribution in [2.45, 2.75) is 6.42 Å². The first-order valence-electron chi connectivity index (χ1n) is 5.72.